The first-order valence-electron chi connectivity index (χ1n) is 5.33. The molecule has 0 aromatic heterocycles. The highest BCUT2D eigenvalue weighted by Gasteiger charge is 2.01. The number of amides is 1. The predicted molar refractivity (Wildman–Crippen MR) is 71.0 cm³/mol. The van der Waals surface area contributed by atoms with Crippen molar-refractivity contribution < 1.29 is 12.7 Å². The minimum Gasteiger partial charge on any atom is -0.394 e. The van der Waals surface area contributed by atoms with Crippen LogP contribution < -0.4 is 5.32 Å². The van der Waals surface area contributed by atoms with Crippen molar-refractivity contribution in [3.05, 3.63) is 12.2 Å². The molecule has 0 rings (SSSR count). The van der Waals surface area contributed by atoms with Crippen molar-refractivity contribution in [1.29, 1.82) is 0 Å². The van der Waals surface area contributed by atoms with Gasteiger partial charge in [-0.15, -0.1) is 0 Å². The largest absolute Gasteiger partial charge is 0.394 e. The monoisotopic (exact) mass is 339 g/mol. The third kappa shape index (κ3) is 8.70. The van der Waals surface area contributed by atoms with E-state index in [1.54, 1.807) is 29.9 Å². The zero-order chi connectivity index (χ0) is 12.4. The SMILES string of the molecule is C=C(C)C(=O)NCCCCCCC(=O)OI. The summed E-state index contributed by atoms with van der Waals surface area (Å²) >= 11 is 1.60. The fourth-order valence-electron chi connectivity index (χ4n) is 1.14. The molecule has 0 saturated carbocycles. The second kappa shape index (κ2) is 9.62. The molecule has 1 amide bonds. The molecule has 0 fully saturated rings. The van der Waals surface area contributed by atoms with Gasteiger partial charge in [-0.25, -0.2) is 0 Å². The Bertz CT molecular complexity index is 254. The topological polar surface area (TPSA) is 55.4 Å². The van der Waals surface area contributed by atoms with Crippen LogP contribution in [0.1, 0.15) is 39.0 Å². The van der Waals surface area contributed by atoms with Crippen molar-refractivity contribution in [3.63, 3.8) is 0 Å². The van der Waals surface area contributed by atoms with Crippen LogP contribution >= 0.6 is 23.0 Å². The maximum Gasteiger partial charge on any atom is 0.315 e. The molecule has 0 aliphatic heterocycles. The van der Waals surface area contributed by atoms with Crippen molar-refractivity contribution in [1.82, 2.24) is 5.32 Å². The van der Waals surface area contributed by atoms with Crippen molar-refractivity contribution >= 4 is 34.9 Å². The van der Waals surface area contributed by atoms with E-state index >= 15 is 0 Å². The lowest BCUT2D eigenvalue weighted by atomic mass is 10.1. The average molecular weight is 339 g/mol. The summed E-state index contributed by atoms with van der Waals surface area (Å²) in [4.78, 5) is 21.9. The molecular formula is C11H18INO3. The number of nitrogens with one attached hydrogen (secondary N) is 1. The van der Waals surface area contributed by atoms with Crippen LogP contribution in [0, 0.1) is 0 Å². The Morgan fingerprint density at radius 1 is 1.25 bits per heavy atom. The highest BCUT2D eigenvalue weighted by atomic mass is 127. The van der Waals surface area contributed by atoms with E-state index in [0.717, 1.165) is 25.7 Å². The van der Waals surface area contributed by atoms with Crippen molar-refractivity contribution in [2.75, 3.05) is 6.54 Å². The van der Waals surface area contributed by atoms with E-state index < -0.39 is 0 Å². The molecule has 0 atom stereocenters. The summed E-state index contributed by atoms with van der Waals surface area (Å²) in [6, 6.07) is 0. The Hall–Kier alpha value is -0.590. The van der Waals surface area contributed by atoms with Gasteiger partial charge >= 0.3 is 5.97 Å². The Morgan fingerprint density at radius 2 is 1.88 bits per heavy atom. The van der Waals surface area contributed by atoms with Gasteiger partial charge in [-0.3, -0.25) is 9.59 Å². The van der Waals surface area contributed by atoms with E-state index in [4.69, 9.17) is 0 Å². The van der Waals surface area contributed by atoms with Crippen LogP contribution in [0.5, 0.6) is 0 Å². The minimum absolute atomic E-state index is 0.0894. The number of unbranched alkanes of at least 4 members (excludes halogenated alkanes) is 3. The second-order valence-corrected chi connectivity index (χ2v) is 4.09. The van der Waals surface area contributed by atoms with Crippen LogP contribution in [0.3, 0.4) is 0 Å². The average Bonchev–Trinajstić information content (AvgIpc) is 2.26. The number of hydrogen-bond acceptors (Lipinski definition) is 3. The molecule has 0 spiro atoms. The van der Waals surface area contributed by atoms with E-state index in [1.807, 2.05) is 0 Å². The zero-order valence-corrected chi connectivity index (χ0v) is 11.7. The number of halogens is 1. The predicted octanol–water partition coefficient (Wildman–Crippen LogP) is 2.52. The maximum atomic E-state index is 11.1. The lowest BCUT2D eigenvalue weighted by Crippen LogP contribution is -2.24. The van der Waals surface area contributed by atoms with Gasteiger partial charge in [0.1, 0.15) is 0 Å². The first-order chi connectivity index (χ1) is 7.57. The molecule has 0 aliphatic carbocycles. The van der Waals surface area contributed by atoms with Gasteiger partial charge in [0.25, 0.3) is 0 Å². The Labute approximate surface area is 110 Å². The van der Waals surface area contributed by atoms with Crippen LogP contribution in [0.4, 0.5) is 0 Å². The first kappa shape index (κ1) is 15.4. The van der Waals surface area contributed by atoms with Gasteiger partial charge in [0.15, 0.2) is 23.0 Å². The maximum absolute atomic E-state index is 11.1. The van der Waals surface area contributed by atoms with Crippen molar-refractivity contribution in [2.24, 2.45) is 0 Å². The number of carbonyl (C=O) groups excluding carboxylic acids is 2. The standard InChI is InChI=1S/C11H18INO3/c1-9(2)11(15)13-8-6-4-3-5-7-10(14)16-12/h1,3-8H2,2H3,(H,13,15). The molecule has 0 saturated heterocycles. The molecule has 92 valence electrons. The summed E-state index contributed by atoms with van der Waals surface area (Å²) in [5.41, 5.74) is 0.532. The zero-order valence-electron chi connectivity index (χ0n) is 9.55. The third-order valence-corrected chi connectivity index (χ3v) is 2.56. The van der Waals surface area contributed by atoms with Crippen LogP contribution in [-0.4, -0.2) is 18.4 Å². The van der Waals surface area contributed by atoms with E-state index in [1.165, 1.54) is 0 Å². The number of rotatable bonds is 8. The van der Waals surface area contributed by atoms with Crippen LogP contribution in [0.15, 0.2) is 12.2 Å². The van der Waals surface area contributed by atoms with E-state index in [2.05, 4.69) is 15.0 Å². The van der Waals surface area contributed by atoms with Crippen molar-refractivity contribution in [3.8, 4) is 0 Å². The van der Waals surface area contributed by atoms with E-state index in [-0.39, 0.29) is 11.9 Å². The summed E-state index contributed by atoms with van der Waals surface area (Å²) in [5, 5.41) is 2.76. The van der Waals surface area contributed by atoms with Crippen LogP contribution in [-0.2, 0) is 12.7 Å². The van der Waals surface area contributed by atoms with Gasteiger partial charge in [-0.05, 0) is 19.8 Å². The smallest absolute Gasteiger partial charge is 0.315 e. The summed E-state index contributed by atoms with van der Waals surface area (Å²) in [5.74, 6) is -0.260. The minimum atomic E-state index is -0.170. The Balaban J connectivity index is 3.25. The fraction of sp³-hybridized carbons (Fsp3) is 0.636. The second-order valence-electron chi connectivity index (χ2n) is 3.65. The number of hydrogen-bond donors (Lipinski definition) is 1. The van der Waals surface area contributed by atoms with E-state index in [9.17, 15) is 9.59 Å². The Kier molecular flexibility index (Phi) is 9.27. The molecule has 4 nitrogen and oxygen atoms in total. The number of carbonyl (C=O) groups is 2. The Morgan fingerprint density at radius 3 is 2.44 bits per heavy atom. The van der Waals surface area contributed by atoms with E-state index in [0.29, 0.717) is 18.5 Å². The molecule has 0 aromatic carbocycles. The van der Waals surface area contributed by atoms with Crippen molar-refractivity contribution in [2.45, 2.75) is 39.0 Å². The summed E-state index contributed by atoms with van der Waals surface area (Å²) in [7, 11) is 0. The first-order valence-corrected chi connectivity index (χ1v) is 6.21. The normalized spacial score (nSPS) is 9.62. The molecule has 0 radical (unpaired) electrons. The van der Waals surface area contributed by atoms with Gasteiger partial charge in [-0.2, -0.15) is 0 Å². The summed E-state index contributed by atoms with van der Waals surface area (Å²) in [6.07, 6.45) is 4.23. The molecule has 1 N–H and O–H groups in total. The molecule has 0 aliphatic rings. The van der Waals surface area contributed by atoms with Gasteiger partial charge in [0.05, 0.1) is 0 Å². The van der Waals surface area contributed by atoms with Gasteiger partial charge in [0.2, 0.25) is 5.91 Å². The lowest BCUT2D eigenvalue weighted by Gasteiger charge is -2.04. The third-order valence-electron chi connectivity index (χ3n) is 2.07. The molecule has 0 heterocycles. The highest BCUT2D eigenvalue weighted by molar-refractivity contribution is 14.1. The molecule has 0 unspecified atom stereocenters. The molecule has 16 heavy (non-hydrogen) atoms. The molecular weight excluding hydrogens is 321 g/mol. The quantitative estimate of drug-likeness (QED) is 0.420. The summed E-state index contributed by atoms with van der Waals surface area (Å²) in [6.45, 7) is 5.90. The molecule has 0 aromatic rings. The van der Waals surface area contributed by atoms with Gasteiger partial charge in [0, 0.05) is 18.5 Å². The lowest BCUT2D eigenvalue weighted by molar-refractivity contribution is -0.131. The van der Waals surface area contributed by atoms with Crippen LogP contribution in [0.25, 0.3) is 0 Å². The van der Waals surface area contributed by atoms with Gasteiger partial charge < -0.3 is 8.38 Å². The fourth-order valence-corrected chi connectivity index (χ4v) is 1.36. The highest BCUT2D eigenvalue weighted by Crippen LogP contribution is 2.04. The summed E-state index contributed by atoms with van der Waals surface area (Å²) < 4.78 is 4.50. The van der Waals surface area contributed by atoms with Gasteiger partial charge in [-0.1, -0.05) is 19.4 Å². The molecule has 5 heteroatoms. The van der Waals surface area contributed by atoms with Crippen LogP contribution in [0.2, 0.25) is 0 Å². The molecule has 0 bridgehead atoms.